The average molecular weight is 226 g/mol. The Bertz CT molecular complexity index is 201. The van der Waals surface area contributed by atoms with E-state index in [1.54, 1.807) is 11.2 Å². The highest BCUT2D eigenvalue weighted by atomic mass is 19.4. The lowest BCUT2D eigenvalue weighted by atomic mass is 10.6. The van der Waals surface area contributed by atoms with Crippen molar-refractivity contribution in [3.05, 3.63) is 12.3 Å². The standard InChI is InChI=1S/C8H13F3N2O2/c9-8(10,11)6-14-4-5-15-7-13-3-1-2-12-13/h1-2,12H,3-7H2. The molecule has 0 bridgehead atoms. The van der Waals surface area contributed by atoms with E-state index >= 15 is 0 Å². The monoisotopic (exact) mass is 226 g/mol. The summed E-state index contributed by atoms with van der Waals surface area (Å²) in [5.74, 6) is 0. The lowest BCUT2D eigenvalue weighted by molar-refractivity contribution is -0.177. The van der Waals surface area contributed by atoms with Crippen molar-refractivity contribution in [2.45, 2.75) is 6.18 Å². The number of halogens is 3. The van der Waals surface area contributed by atoms with Crippen LogP contribution in [0.3, 0.4) is 0 Å². The van der Waals surface area contributed by atoms with Gasteiger partial charge in [-0.25, -0.2) is 0 Å². The fourth-order valence-electron chi connectivity index (χ4n) is 0.961. The van der Waals surface area contributed by atoms with E-state index in [0.29, 0.717) is 6.73 Å². The molecule has 0 fully saturated rings. The van der Waals surface area contributed by atoms with Gasteiger partial charge in [-0.15, -0.1) is 0 Å². The second-order valence-electron chi connectivity index (χ2n) is 2.96. The summed E-state index contributed by atoms with van der Waals surface area (Å²) in [7, 11) is 0. The predicted octanol–water partition coefficient (Wildman–Crippen LogP) is 0.873. The number of nitrogens with zero attached hydrogens (tertiary/aromatic N) is 1. The van der Waals surface area contributed by atoms with E-state index in [1.807, 2.05) is 6.08 Å². The highest BCUT2D eigenvalue weighted by molar-refractivity contribution is 4.87. The van der Waals surface area contributed by atoms with Crippen LogP contribution in [0.15, 0.2) is 12.3 Å². The molecule has 15 heavy (non-hydrogen) atoms. The number of hydrogen-bond donors (Lipinski definition) is 1. The maximum absolute atomic E-state index is 11.6. The number of nitrogens with one attached hydrogen (secondary N) is 1. The lowest BCUT2D eigenvalue weighted by Crippen LogP contribution is -2.32. The molecule has 1 aliphatic rings. The molecule has 1 heterocycles. The van der Waals surface area contributed by atoms with Crippen molar-refractivity contribution in [3.63, 3.8) is 0 Å². The van der Waals surface area contributed by atoms with Gasteiger partial charge in [0, 0.05) is 12.7 Å². The van der Waals surface area contributed by atoms with E-state index in [9.17, 15) is 13.2 Å². The Morgan fingerprint density at radius 3 is 2.60 bits per heavy atom. The Hall–Kier alpha value is -0.790. The second-order valence-corrected chi connectivity index (χ2v) is 2.96. The van der Waals surface area contributed by atoms with E-state index in [2.05, 4.69) is 10.2 Å². The maximum atomic E-state index is 11.6. The van der Waals surface area contributed by atoms with Crippen LogP contribution in [-0.2, 0) is 9.47 Å². The molecule has 1 rings (SSSR count). The zero-order valence-corrected chi connectivity index (χ0v) is 8.09. The molecule has 0 atom stereocenters. The van der Waals surface area contributed by atoms with Crippen LogP contribution in [0, 0.1) is 0 Å². The highest BCUT2D eigenvalue weighted by Gasteiger charge is 2.27. The molecule has 1 N–H and O–H groups in total. The van der Waals surface area contributed by atoms with Crippen molar-refractivity contribution in [3.8, 4) is 0 Å². The summed E-state index contributed by atoms with van der Waals surface area (Å²) in [4.78, 5) is 0. The minimum atomic E-state index is -4.26. The average Bonchev–Trinajstić information content (AvgIpc) is 2.61. The molecule has 7 heteroatoms. The van der Waals surface area contributed by atoms with Gasteiger partial charge in [-0.3, -0.25) is 0 Å². The fourth-order valence-corrected chi connectivity index (χ4v) is 0.961. The van der Waals surface area contributed by atoms with Gasteiger partial charge in [-0.2, -0.15) is 18.2 Å². The summed E-state index contributed by atoms with van der Waals surface area (Å²) in [5, 5.41) is 1.77. The van der Waals surface area contributed by atoms with E-state index < -0.39 is 12.8 Å². The van der Waals surface area contributed by atoms with Crippen molar-refractivity contribution < 1.29 is 22.6 Å². The Morgan fingerprint density at radius 2 is 2.00 bits per heavy atom. The zero-order valence-electron chi connectivity index (χ0n) is 8.09. The normalized spacial score (nSPS) is 17.0. The Balaban J connectivity index is 1.85. The first-order valence-corrected chi connectivity index (χ1v) is 4.46. The van der Waals surface area contributed by atoms with E-state index in [4.69, 9.17) is 4.74 Å². The quantitative estimate of drug-likeness (QED) is 0.681. The zero-order chi connectivity index (χ0) is 11.1. The topological polar surface area (TPSA) is 33.7 Å². The molecular formula is C8H13F3N2O2. The van der Waals surface area contributed by atoms with Crippen molar-refractivity contribution in [1.29, 1.82) is 0 Å². The first-order valence-electron chi connectivity index (χ1n) is 4.46. The molecular weight excluding hydrogens is 213 g/mol. The first-order chi connectivity index (χ1) is 7.08. The second kappa shape index (κ2) is 5.94. The molecule has 0 aromatic carbocycles. The van der Waals surface area contributed by atoms with Gasteiger partial charge in [0.2, 0.25) is 0 Å². The van der Waals surface area contributed by atoms with E-state index in [1.165, 1.54) is 0 Å². The van der Waals surface area contributed by atoms with Crippen LogP contribution in [0.25, 0.3) is 0 Å². The summed E-state index contributed by atoms with van der Waals surface area (Å²) in [6, 6.07) is 0. The van der Waals surface area contributed by atoms with Crippen LogP contribution < -0.4 is 5.43 Å². The summed E-state index contributed by atoms with van der Waals surface area (Å²) in [6.07, 6.45) is -0.590. The Morgan fingerprint density at radius 1 is 1.27 bits per heavy atom. The van der Waals surface area contributed by atoms with Crippen molar-refractivity contribution in [1.82, 2.24) is 10.4 Å². The third kappa shape index (κ3) is 6.32. The first kappa shape index (κ1) is 12.3. The molecule has 0 aromatic heterocycles. The molecule has 0 saturated carbocycles. The molecule has 0 unspecified atom stereocenters. The van der Waals surface area contributed by atoms with Gasteiger partial charge in [0.1, 0.15) is 13.3 Å². The van der Waals surface area contributed by atoms with Gasteiger partial charge in [-0.05, 0) is 0 Å². The van der Waals surface area contributed by atoms with Crippen LogP contribution >= 0.6 is 0 Å². The molecule has 0 aromatic rings. The minimum Gasteiger partial charge on any atom is -0.370 e. The van der Waals surface area contributed by atoms with E-state index in [0.717, 1.165) is 6.54 Å². The van der Waals surface area contributed by atoms with Gasteiger partial charge in [0.25, 0.3) is 0 Å². The van der Waals surface area contributed by atoms with Crippen LogP contribution in [0.4, 0.5) is 13.2 Å². The van der Waals surface area contributed by atoms with Crippen LogP contribution in [0.2, 0.25) is 0 Å². The van der Waals surface area contributed by atoms with Crippen molar-refractivity contribution in [2.75, 3.05) is 33.1 Å². The largest absolute Gasteiger partial charge is 0.411 e. The number of hydrogen-bond acceptors (Lipinski definition) is 4. The number of ether oxygens (including phenoxy) is 2. The summed E-state index contributed by atoms with van der Waals surface area (Å²) >= 11 is 0. The number of hydrazine groups is 1. The molecule has 1 aliphatic heterocycles. The molecule has 0 saturated heterocycles. The van der Waals surface area contributed by atoms with Crippen molar-refractivity contribution >= 4 is 0 Å². The molecule has 0 spiro atoms. The van der Waals surface area contributed by atoms with Gasteiger partial charge in [0.05, 0.1) is 13.2 Å². The Labute approximate surface area is 85.6 Å². The van der Waals surface area contributed by atoms with Crippen molar-refractivity contribution in [2.24, 2.45) is 0 Å². The third-order valence-corrected chi connectivity index (χ3v) is 1.59. The van der Waals surface area contributed by atoms with Gasteiger partial charge in [-0.1, -0.05) is 6.08 Å². The molecule has 0 amide bonds. The molecule has 88 valence electrons. The molecule has 0 aliphatic carbocycles. The Kier molecular flexibility index (Phi) is 4.86. The fraction of sp³-hybridized carbons (Fsp3) is 0.750. The van der Waals surface area contributed by atoms with Crippen LogP contribution in [0.1, 0.15) is 0 Å². The summed E-state index contributed by atoms with van der Waals surface area (Å²) in [6.45, 7) is -0.0826. The van der Waals surface area contributed by atoms with Gasteiger partial charge in [0.15, 0.2) is 0 Å². The number of rotatable bonds is 6. The minimum absolute atomic E-state index is 0.0548. The van der Waals surface area contributed by atoms with Crippen LogP contribution in [-0.4, -0.2) is 44.3 Å². The van der Waals surface area contributed by atoms with E-state index in [-0.39, 0.29) is 13.2 Å². The highest BCUT2D eigenvalue weighted by Crippen LogP contribution is 2.13. The summed E-state index contributed by atoms with van der Waals surface area (Å²) < 4.78 is 44.3. The maximum Gasteiger partial charge on any atom is 0.411 e. The predicted molar refractivity (Wildman–Crippen MR) is 46.7 cm³/mol. The molecule has 4 nitrogen and oxygen atoms in total. The molecule has 0 radical (unpaired) electrons. The smallest absolute Gasteiger partial charge is 0.370 e. The van der Waals surface area contributed by atoms with Crippen LogP contribution in [0.5, 0.6) is 0 Å². The number of alkyl halides is 3. The summed E-state index contributed by atoms with van der Waals surface area (Å²) in [5.41, 5.74) is 2.88. The third-order valence-electron chi connectivity index (χ3n) is 1.59. The van der Waals surface area contributed by atoms with Gasteiger partial charge >= 0.3 is 6.18 Å². The lowest BCUT2D eigenvalue weighted by Gasteiger charge is -2.15. The SMILES string of the molecule is FC(F)(F)COCCOCN1CC=CN1. The van der Waals surface area contributed by atoms with Gasteiger partial charge < -0.3 is 14.9 Å².